The molecule has 0 amide bonds. The minimum absolute atomic E-state index is 0.114. The van der Waals surface area contributed by atoms with Crippen LogP contribution < -0.4 is 5.73 Å². The van der Waals surface area contributed by atoms with Gasteiger partial charge in [-0.2, -0.15) is 4.68 Å². The third kappa shape index (κ3) is 2.18. The highest BCUT2D eigenvalue weighted by Gasteiger charge is 2.19. The molecule has 0 bridgehead atoms. The predicted octanol–water partition coefficient (Wildman–Crippen LogP) is 1.89. The smallest absolute Gasteiger partial charge is 0.241 e. The first-order valence-corrected chi connectivity index (χ1v) is 5.99. The lowest BCUT2D eigenvalue weighted by atomic mass is 9.99. The van der Waals surface area contributed by atoms with Gasteiger partial charge in [-0.05, 0) is 21.6 Å². The highest BCUT2D eigenvalue weighted by molar-refractivity contribution is 5.34. The van der Waals surface area contributed by atoms with Crippen LogP contribution in [0.2, 0.25) is 0 Å². The van der Waals surface area contributed by atoms with Gasteiger partial charge in [-0.25, -0.2) is 0 Å². The van der Waals surface area contributed by atoms with Crippen molar-refractivity contribution in [2.45, 2.75) is 6.04 Å². The Hall–Kier alpha value is -2.69. The lowest BCUT2D eigenvalue weighted by molar-refractivity contribution is 0.578. The summed E-state index contributed by atoms with van der Waals surface area (Å²) in [6.45, 7) is 0. The largest absolute Gasteiger partial charge is 0.367 e. The van der Waals surface area contributed by atoms with Gasteiger partial charge in [0.25, 0.3) is 0 Å². The molecule has 1 heterocycles. The van der Waals surface area contributed by atoms with Crippen molar-refractivity contribution in [3.8, 4) is 0 Å². The highest BCUT2D eigenvalue weighted by Crippen LogP contribution is 2.26. The molecular weight excluding hydrogens is 238 g/mol. The third-order valence-electron chi connectivity index (χ3n) is 2.99. The number of nitrogen functional groups attached to an aromatic ring is 1. The lowest BCUT2D eigenvalue weighted by Crippen LogP contribution is -2.16. The molecule has 0 aliphatic rings. The van der Waals surface area contributed by atoms with E-state index in [0.717, 1.165) is 11.1 Å². The minimum atomic E-state index is -0.114. The van der Waals surface area contributed by atoms with E-state index in [2.05, 4.69) is 15.5 Å². The van der Waals surface area contributed by atoms with E-state index in [-0.39, 0.29) is 6.04 Å². The van der Waals surface area contributed by atoms with E-state index in [9.17, 15) is 0 Å². The van der Waals surface area contributed by atoms with Crippen LogP contribution in [0.25, 0.3) is 0 Å². The number of nitrogens with two attached hydrogens (primary N) is 1. The molecule has 19 heavy (non-hydrogen) atoms. The van der Waals surface area contributed by atoms with E-state index in [1.807, 2.05) is 60.7 Å². The second-order valence-electron chi connectivity index (χ2n) is 4.21. The van der Waals surface area contributed by atoms with Crippen molar-refractivity contribution in [1.29, 1.82) is 0 Å². The molecule has 0 saturated heterocycles. The van der Waals surface area contributed by atoms with E-state index in [1.165, 1.54) is 0 Å². The first kappa shape index (κ1) is 11.4. The van der Waals surface area contributed by atoms with Crippen LogP contribution in [0.5, 0.6) is 0 Å². The van der Waals surface area contributed by atoms with Crippen molar-refractivity contribution in [2.24, 2.45) is 0 Å². The predicted molar refractivity (Wildman–Crippen MR) is 72.4 cm³/mol. The number of tetrazole rings is 1. The second-order valence-corrected chi connectivity index (χ2v) is 4.21. The molecule has 0 saturated carbocycles. The fraction of sp³-hybridized carbons (Fsp3) is 0.0714. The van der Waals surface area contributed by atoms with Crippen molar-refractivity contribution in [1.82, 2.24) is 20.2 Å². The van der Waals surface area contributed by atoms with Crippen molar-refractivity contribution in [3.63, 3.8) is 0 Å². The summed E-state index contributed by atoms with van der Waals surface area (Å²) in [5.74, 6) is 0.303. The van der Waals surface area contributed by atoms with E-state index in [4.69, 9.17) is 5.73 Å². The van der Waals surface area contributed by atoms with Crippen molar-refractivity contribution in [2.75, 3.05) is 5.73 Å². The van der Waals surface area contributed by atoms with Crippen LogP contribution in [0.4, 0.5) is 5.95 Å². The van der Waals surface area contributed by atoms with Crippen LogP contribution in [0, 0.1) is 0 Å². The van der Waals surface area contributed by atoms with Gasteiger partial charge in [0.15, 0.2) is 0 Å². The SMILES string of the molecule is Nc1nnnn1C(c1ccccc1)c1ccccc1. The molecule has 94 valence electrons. The molecule has 0 aliphatic heterocycles. The maximum absolute atomic E-state index is 5.84. The summed E-state index contributed by atoms with van der Waals surface area (Å²) in [4.78, 5) is 0. The number of benzene rings is 2. The van der Waals surface area contributed by atoms with Crippen LogP contribution in [0.3, 0.4) is 0 Å². The monoisotopic (exact) mass is 251 g/mol. The highest BCUT2D eigenvalue weighted by atomic mass is 15.6. The zero-order chi connectivity index (χ0) is 13.1. The molecule has 0 fully saturated rings. The maximum atomic E-state index is 5.84. The van der Waals surface area contributed by atoms with E-state index >= 15 is 0 Å². The molecular formula is C14H13N5. The van der Waals surface area contributed by atoms with E-state index in [1.54, 1.807) is 4.68 Å². The van der Waals surface area contributed by atoms with Crippen LogP contribution in [-0.4, -0.2) is 20.2 Å². The summed E-state index contributed by atoms with van der Waals surface area (Å²) >= 11 is 0. The van der Waals surface area contributed by atoms with Gasteiger partial charge in [0.05, 0.1) is 0 Å². The molecule has 0 unspecified atom stereocenters. The first-order chi connectivity index (χ1) is 9.36. The summed E-state index contributed by atoms with van der Waals surface area (Å²) in [5, 5.41) is 11.4. The summed E-state index contributed by atoms with van der Waals surface area (Å²) < 4.78 is 1.63. The van der Waals surface area contributed by atoms with Crippen molar-refractivity contribution in [3.05, 3.63) is 71.8 Å². The van der Waals surface area contributed by atoms with Gasteiger partial charge in [0.1, 0.15) is 6.04 Å². The fourth-order valence-electron chi connectivity index (χ4n) is 2.13. The Morgan fingerprint density at radius 1 is 0.842 bits per heavy atom. The Labute approximate surface area is 110 Å². The quantitative estimate of drug-likeness (QED) is 0.771. The fourth-order valence-corrected chi connectivity index (χ4v) is 2.13. The zero-order valence-electron chi connectivity index (χ0n) is 10.2. The Morgan fingerprint density at radius 3 is 1.79 bits per heavy atom. The van der Waals surface area contributed by atoms with Gasteiger partial charge >= 0.3 is 0 Å². The van der Waals surface area contributed by atoms with Gasteiger partial charge in [0, 0.05) is 0 Å². The average Bonchev–Trinajstić information content (AvgIpc) is 2.88. The van der Waals surface area contributed by atoms with Crippen LogP contribution in [0.15, 0.2) is 60.7 Å². The molecule has 2 N–H and O–H groups in total. The van der Waals surface area contributed by atoms with E-state index < -0.39 is 0 Å². The van der Waals surface area contributed by atoms with Crippen molar-refractivity contribution < 1.29 is 0 Å². The molecule has 0 atom stereocenters. The average molecular weight is 251 g/mol. The summed E-state index contributed by atoms with van der Waals surface area (Å²) in [5.41, 5.74) is 8.02. The maximum Gasteiger partial charge on any atom is 0.241 e. The Morgan fingerprint density at radius 2 is 1.37 bits per heavy atom. The molecule has 0 spiro atoms. The van der Waals surface area contributed by atoms with Gasteiger partial charge in [-0.15, -0.1) is 0 Å². The number of rotatable bonds is 3. The summed E-state index contributed by atoms with van der Waals surface area (Å²) in [6, 6.07) is 20.0. The number of hydrogen-bond donors (Lipinski definition) is 1. The molecule has 1 aromatic heterocycles. The van der Waals surface area contributed by atoms with Crippen LogP contribution in [-0.2, 0) is 0 Å². The Kier molecular flexibility index (Phi) is 2.94. The Balaban J connectivity index is 2.15. The molecule has 3 rings (SSSR count). The molecule has 0 radical (unpaired) electrons. The standard InChI is InChI=1S/C14H13N5/c15-14-16-17-18-19(14)13(11-7-3-1-4-8-11)12-9-5-2-6-10-12/h1-10,13H,(H2,15,16,18). The number of aromatic nitrogens is 4. The summed E-state index contributed by atoms with van der Waals surface area (Å²) in [7, 11) is 0. The molecule has 5 nitrogen and oxygen atoms in total. The lowest BCUT2D eigenvalue weighted by Gasteiger charge is -2.18. The van der Waals surface area contributed by atoms with Crippen LogP contribution >= 0.6 is 0 Å². The zero-order valence-corrected chi connectivity index (χ0v) is 10.2. The van der Waals surface area contributed by atoms with Crippen LogP contribution in [0.1, 0.15) is 17.2 Å². The van der Waals surface area contributed by atoms with E-state index in [0.29, 0.717) is 5.95 Å². The van der Waals surface area contributed by atoms with Crippen molar-refractivity contribution >= 4 is 5.95 Å². The number of hydrogen-bond acceptors (Lipinski definition) is 4. The normalized spacial score (nSPS) is 10.8. The van der Waals surface area contributed by atoms with Gasteiger partial charge in [-0.1, -0.05) is 65.8 Å². The van der Waals surface area contributed by atoms with Gasteiger partial charge in [0.2, 0.25) is 5.95 Å². The molecule has 2 aromatic carbocycles. The topological polar surface area (TPSA) is 69.6 Å². The summed E-state index contributed by atoms with van der Waals surface area (Å²) in [6.07, 6.45) is 0. The molecule has 3 aromatic rings. The first-order valence-electron chi connectivity index (χ1n) is 5.99. The molecule has 5 heteroatoms. The van der Waals surface area contributed by atoms with Gasteiger partial charge in [-0.3, -0.25) is 0 Å². The number of anilines is 1. The third-order valence-corrected chi connectivity index (χ3v) is 2.99. The Bertz CT molecular complexity index is 608. The molecule has 0 aliphatic carbocycles. The minimum Gasteiger partial charge on any atom is -0.367 e. The number of nitrogens with zero attached hydrogens (tertiary/aromatic N) is 4. The second kappa shape index (κ2) is 4.89. The van der Waals surface area contributed by atoms with Gasteiger partial charge < -0.3 is 5.73 Å².